The summed E-state index contributed by atoms with van der Waals surface area (Å²) in [6, 6.07) is 0. The van der Waals surface area contributed by atoms with Gasteiger partial charge < -0.3 is 9.47 Å². The summed E-state index contributed by atoms with van der Waals surface area (Å²) in [6.07, 6.45) is 1.73. The Morgan fingerprint density at radius 2 is 1.77 bits per heavy atom. The summed E-state index contributed by atoms with van der Waals surface area (Å²) in [6.45, 7) is 8.48. The summed E-state index contributed by atoms with van der Waals surface area (Å²) in [5, 5.41) is 0. The fourth-order valence-corrected chi connectivity index (χ4v) is 1.24. The van der Waals surface area contributed by atoms with E-state index in [2.05, 4.69) is 0 Å². The average molecular weight is 188 g/mol. The van der Waals surface area contributed by atoms with Crippen LogP contribution < -0.4 is 0 Å². The normalized spacial score (nSPS) is 11.4. The zero-order valence-electron chi connectivity index (χ0n) is 9.05. The van der Waals surface area contributed by atoms with Gasteiger partial charge in [-0.3, -0.25) is 4.79 Å². The van der Waals surface area contributed by atoms with E-state index < -0.39 is 0 Å². The van der Waals surface area contributed by atoms with Crippen molar-refractivity contribution in [2.45, 2.75) is 46.1 Å². The van der Waals surface area contributed by atoms with Gasteiger partial charge in [-0.05, 0) is 19.8 Å². The molecular weight excluding hydrogens is 168 g/mol. The number of carbonyl (C=O) groups excluding carboxylic acids is 1. The highest BCUT2D eigenvalue weighted by Gasteiger charge is 2.27. The Balaban J connectivity index is 4.12. The van der Waals surface area contributed by atoms with Crippen LogP contribution in [0, 0.1) is 0 Å². The molecule has 0 N–H and O–H groups in total. The van der Waals surface area contributed by atoms with Crippen LogP contribution in [0.25, 0.3) is 0 Å². The van der Waals surface area contributed by atoms with E-state index in [1.807, 2.05) is 20.8 Å². The number of rotatable bonds is 6. The molecule has 3 heteroatoms. The Morgan fingerprint density at radius 3 is 2.08 bits per heavy atom. The SMILES string of the molecule is CCOC(CC)(CC)COC(C)=O. The van der Waals surface area contributed by atoms with E-state index in [1.54, 1.807) is 0 Å². The maximum Gasteiger partial charge on any atom is 0.302 e. The molecule has 0 fully saturated rings. The summed E-state index contributed by atoms with van der Waals surface area (Å²) in [4.78, 5) is 10.6. The molecule has 0 saturated carbocycles. The van der Waals surface area contributed by atoms with E-state index in [4.69, 9.17) is 9.47 Å². The first-order valence-corrected chi connectivity index (χ1v) is 4.87. The lowest BCUT2D eigenvalue weighted by Gasteiger charge is -2.30. The molecule has 0 aromatic carbocycles. The molecular formula is C10H20O3. The third-order valence-corrected chi connectivity index (χ3v) is 2.28. The standard InChI is InChI=1S/C10H20O3/c1-5-10(6-2,13-7-3)8-12-9(4)11/h5-8H2,1-4H3. The van der Waals surface area contributed by atoms with E-state index in [-0.39, 0.29) is 11.6 Å². The smallest absolute Gasteiger partial charge is 0.302 e. The Morgan fingerprint density at radius 1 is 1.23 bits per heavy atom. The molecule has 0 unspecified atom stereocenters. The van der Waals surface area contributed by atoms with Gasteiger partial charge in [0, 0.05) is 13.5 Å². The largest absolute Gasteiger partial charge is 0.463 e. The summed E-state index contributed by atoms with van der Waals surface area (Å²) in [5.41, 5.74) is -0.277. The van der Waals surface area contributed by atoms with Crippen molar-refractivity contribution >= 4 is 5.97 Å². The molecule has 0 aromatic heterocycles. The summed E-state index contributed by atoms with van der Waals surface area (Å²) in [7, 11) is 0. The number of ether oxygens (including phenoxy) is 2. The Labute approximate surface area is 80.4 Å². The van der Waals surface area contributed by atoms with E-state index in [1.165, 1.54) is 6.92 Å². The van der Waals surface area contributed by atoms with Gasteiger partial charge in [0.2, 0.25) is 0 Å². The van der Waals surface area contributed by atoms with Crippen molar-refractivity contribution in [3.05, 3.63) is 0 Å². The fraction of sp³-hybridized carbons (Fsp3) is 0.900. The predicted molar refractivity (Wildman–Crippen MR) is 51.6 cm³/mol. The highest BCUT2D eigenvalue weighted by Crippen LogP contribution is 2.20. The van der Waals surface area contributed by atoms with Gasteiger partial charge in [-0.25, -0.2) is 0 Å². The van der Waals surface area contributed by atoms with Gasteiger partial charge in [0.1, 0.15) is 12.2 Å². The van der Waals surface area contributed by atoms with Crippen molar-refractivity contribution in [1.29, 1.82) is 0 Å². The molecule has 78 valence electrons. The molecule has 0 amide bonds. The first kappa shape index (κ1) is 12.4. The van der Waals surface area contributed by atoms with E-state index in [0.29, 0.717) is 13.2 Å². The van der Waals surface area contributed by atoms with Gasteiger partial charge in [0.25, 0.3) is 0 Å². The number of hydrogen-bond acceptors (Lipinski definition) is 3. The van der Waals surface area contributed by atoms with Crippen molar-refractivity contribution in [3.63, 3.8) is 0 Å². The molecule has 0 aliphatic carbocycles. The zero-order chi connectivity index (χ0) is 10.3. The van der Waals surface area contributed by atoms with Gasteiger partial charge in [0.15, 0.2) is 0 Å². The zero-order valence-corrected chi connectivity index (χ0v) is 9.05. The molecule has 0 heterocycles. The van der Waals surface area contributed by atoms with E-state index >= 15 is 0 Å². The Kier molecular flexibility index (Phi) is 5.71. The molecule has 0 bridgehead atoms. The van der Waals surface area contributed by atoms with Gasteiger partial charge in [-0.2, -0.15) is 0 Å². The molecule has 0 aliphatic heterocycles. The predicted octanol–water partition coefficient (Wildman–Crippen LogP) is 2.14. The lowest BCUT2D eigenvalue weighted by atomic mass is 9.98. The van der Waals surface area contributed by atoms with E-state index in [0.717, 1.165) is 12.8 Å². The van der Waals surface area contributed by atoms with E-state index in [9.17, 15) is 4.79 Å². The molecule has 0 saturated heterocycles. The number of esters is 1. The lowest BCUT2D eigenvalue weighted by Crippen LogP contribution is -2.37. The quantitative estimate of drug-likeness (QED) is 0.599. The van der Waals surface area contributed by atoms with Crippen molar-refractivity contribution < 1.29 is 14.3 Å². The minimum absolute atomic E-state index is 0.244. The first-order valence-electron chi connectivity index (χ1n) is 4.87. The second kappa shape index (κ2) is 5.97. The van der Waals surface area contributed by atoms with Gasteiger partial charge in [-0.15, -0.1) is 0 Å². The lowest BCUT2D eigenvalue weighted by molar-refractivity contribution is -0.154. The Bertz CT molecular complexity index is 150. The van der Waals surface area contributed by atoms with Crippen LogP contribution in [0.1, 0.15) is 40.5 Å². The fourth-order valence-electron chi connectivity index (χ4n) is 1.24. The molecule has 0 spiro atoms. The monoisotopic (exact) mass is 188 g/mol. The van der Waals surface area contributed by atoms with Crippen molar-refractivity contribution in [3.8, 4) is 0 Å². The average Bonchev–Trinajstić information content (AvgIpc) is 2.12. The van der Waals surface area contributed by atoms with Crippen LogP contribution in [0.3, 0.4) is 0 Å². The summed E-state index contributed by atoms with van der Waals surface area (Å²) < 4.78 is 10.6. The van der Waals surface area contributed by atoms with Crippen molar-refractivity contribution in [1.82, 2.24) is 0 Å². The van der Waals surface area contributed by atoms with Gasteiger partial charge in [-0.1, -0.05) is 13.8 Å². The molecule has 13 heavy (non-hydrogen) atoms. The van der Waals surface area contributed by atoms with Crippen LogP contribution >= 0.6 is 0 Å². The molecule has 0 radical (unpaired) electrons. The first-order chi connectivity index (χ1) is 6.10. The third kappa shape index (κ3) is 4.27. The van der Waals surface area contributed by atoms with Crippen LogP contribution in [0.5, 0.6) is 0 Å². The molecule has 0 rings (SSSR count). The molecule has 0 aliphatic rings. The van der Waals surface area contributed by atoms with Gasteiger partial charge in [0.05, 0.1) is 0 Å². The van der Waals surface area contributed by atoms with Gasteiger partial charge >= 0.3 is 5.97 Å². The number of hydrogen-bond donors (Lipinski definition) is 0. The summed E-state index contributed by atoms with van der Waals surface area (Å²) in [5.74, 6) is -0.244. The van der Waals surface area contributed by atoms with Crippen LogP contribution in [0.2, 0.25) is 0 Å². The topological polar surface area (TPSA) is 35.5 Å². The highest BCUT2D eigenvalue weighted by atomic mass is 16.6. The number of carbonyl (C=O) groups is 1. The summed E-state index contributed by atoms with van der Waals surface area (Å²) >= 11 is 0. The van der Waals surface area contributed by atoms with Crippen LogP contribution in [0.4, 0.5) is 0 Å². The van der Waals surface area contributed by atoms with Crippen LogP contribution in [-0.2, 0) is 14.3 Å². The maximum absolute atomic E-state index is 10.6. The van der Waals surface area contributed by atoms with Crippen LogP contribution in [-0.4, -0.2) is 24.8 Å². The maximum atomic E-state index is 10.6. The van der Waals surface area contributed by atoms with Crippen molar-refractivity contribution in [2.75, 3.05) is 13.2 Å². The second-order valence-electron chi connectivity index (χ2n) is 3.10. The molecule has 0 atom stereocenters. The Hall–Kier alpha value is -0.570. The molecule has 3 nitrogen and oxygen atoms in total. The van der Waals surface area contributed by atoms with Crippen LogP contribution in [0.15, 0.2) is 0 Å². The minimum atomic E-state index is -0.277. The third-order valence-electron chi connectivity index (χ3n) is 2.28. The second-order valence-corrected chi connectivity index (χ2v) is 3.10. The van der Waals surface area contributed by atoms with Crippen molar-refractivity contribution in [2.24, 2.45) is 0 Å². The highest BCUT2D eigenvalue weighted by molar-refractivity contribution is 5.65. The molecule has 0 aromatic rings. The minimum Gasteiger partial charge on any atom is -0.463 e.